The molecule has 1 heterocycles. The van der Waals surface area contributed by atoms with Crippen LogP contribution < -0.4 is 10.2 Å². The normalized spacial score (nSPS) is 9.90. The second-order valence-electron chi connectivity index (χ2n) is 4.39. The zero-order chi connectivity index (χ0) is 14.5. The number of pyridine rings is 1. The van der Waals surface area contributed by atoms with Crippen LogP contribution in [0.3, 0.4) is 0 Å². The molecule has 0 aliphatic rings. The quantitative estimate of drug-likeness (QED) is 0.937. The van der Waals surface area contributed by atoms with Gasteiger partial charge >= 0.3 is 0 Å². The van der Waals surface area contributed by atoms with Gasteiger partial charge in [0.05, 0.1) is 28.9 Å². The van der Waals surface area contributed by atoms with E-state index in [-0.39, 0.29) is 0 Å². The summed E-state index contributed by atoms with van der Waals surface area (Å²) in [7, 11) is 3.79. The molecule has 0 bridgehead atoms. The molecule has 20 heavy (non-hydrogen) atoms. The molecule has 2 rings (SSSR count). The topological polar surface area (TPSA) is 52.0 Å². The van der Waals surface area contributed by atoms with Crippen LogP contribution in [0, 0.1) is 11.3 Å². The van der Waals surface area contributed by atoms with Gasteiger partial charge in [0.25, 0.3) is 0 Å². The predicted molar refractivity (Wildman–Crippen MR) is 82.1 cm³/mol. The van der Waals surface area contributed by atoms with Crippen molar-refractivity contribution in [2.45, 2.75) is 6.54 Å². The van der Waals surface area contributed by atoms with Crippen molar-refractivity contribution in [3.05, 3.63) is 52.7 Å². The van der Waals surface area contributed by atoms with Crippen molar-refractivity contribution < 1.29 is 0 Å². The highest BCUT2D eigenvalue weighted by Gasteiger charge is 2.08. The molecule has 0 fully saturated rings. The standard InChI is InChI=1S/C15H15ClN4/c1-18-15-8-7-13(16)14(19-15)10-20(2)12-5-3-11(9-17)4-6-12/h3-8H,10H2,1-2H3,(H,18,19). The lowest BCUT2D eigenvalue weighted by Crippen LogP contribution is -2.17. The lowest BCUT2D eigenvalue weighted by Gasteiger charge is -2.19. The molecular formula is C15H15ClN4. The molecule has 0 spiro atoms. The fraction of sp³-hybridized carbons (Fsp3) is 0.200. The lowest BCUT2D eigenvalue weighted by molar-refractivity contribution is 0.886. The molecule has 0 amide bonds. The highest BCUT2D eigenvalue weighted by molar-refractivity contribution is 6.31. The molecule has 0 saturated carbocycles. The van der Waals surface area contributed by atoms with Crippen molar-refractivity contribution in [1.82, 2.24) is 4.98 Å². The van der Waals surface area contributed by atoms with Gasteiger partial charge in [0.2, 0.25) is 0 Å². The third kappa shape index (κ3) is 3.19. The Balaban J connectivity index is 2.18. The molecule has 1 N–H and O–H groups in total. The second-order valence-corrected chi connectivity index (χ2v) is 4.80. The predicted octanol–water partition coefficient (Wildman–Crippen LogP) is 3.28. The van der Waals surface area contributed by atoms with Gasteiger partial charge in [0.1, 0.15) is 5.82 Å². The summed E-state index contributed by atoms with van der Waals surface area (Å²) in [6.45, 7) is 0.597. The van der Waals surface area contributed by atoms with E-state index in [1.165, 1.54) is 0 Å². The highest BCUT2D eigenvalue weighted by atomic mass is 35.5. The number of benzene rings is 1. The number of rotatable bonds is 4. The minimum absolute atomic E-state index is 0.597. The van der Waals surface area contributed by atoms with E-state index in [1.54, 1.807) is 12.1 Å². The van der Waals surface area contributed by atoms with Crippen LogP contribution in [0.5, 0.6) is 0 Å². The summed E-state index contributed by atoms with van der Waals surface area (Å²) in [5.41, 5.74) is 2.47. The SMILES string of the molecule is CNc1ccc(Cl)c(CN(C)c2ccc(C#N)cc2)n1. The summed E-state index contributed by atoms with van der Waals surface area (Å²) in [6, 6.07) is 13.2. The Morgan fingerprint density at radius 1 is 1.25 bits per heavy atom. The molecule has 0 saturated heterocycles. The molecule has 0 radical (unpaired) electrons. The van der Waals surface area contributed by atoms with Crippen molar-refractivity contribution in [2.75, 3.05) is 24.3 Å². The molecule has 1 aromatic carbocycles. The number of halogens is 1. The smallest absolute Gasteiger partial charge is 0.126 e. The number of nitriles is 1. The maximum absolute atomic E-state index is 8.80. The summed E-state index contributed by atoms with van der Waals surface area (Å²) >= 11 is 6.17. The van der Waals surface area contributed by atoms with E-state index >= 15 is 0 Å². The van der Waals surface area contributed by atoms with E-state index < -0.39 is 0 Å². The van der Waals surface area contributed by atoms with Crippen LogP contribution >= 0.6 is 11.6 Å². The zero-order valence-corrected chi connectivity index (χ0v) is 12.1. The van der Waals surface area contributed by atoms with Crippen LogP contribution in [0.25, 0.3) is 0 Å². The Morgan fingerprint density at radius 3 is 2.55 bits per heavy atom. The van der Waals surface area contributed by atoms with Gasteiger partial charge in [-0.25, -0.2) is 4.98 Å². The number of hydrogen-bond acceptors (Lipinski definition) is 4. The molecule has 0 atom stereocenters. The van der Waals surface area contributed by atoms with Crippen LogP contribution in [-0.4, -0.2) is 19.1 Å². The van der Waals surface area contributed by atoms with Crippen molar-refractivity contribution in [3.63, 3.8) is 0 Å². The van der Waals surface area contributed by atoms with Crippen molar-refractivity contribution in [1.29, 1.82) is 5.26 Å². The van der Waals surface area contributed by atoms with E-state index in [4.69, 9.17) is 16.9 Å². The molecule has 0 aliphatic heterocycles. The van der Waals surface area contributed by atoms with Gasteiger partial charge in [-0.3, -0.25) is 0 Å². The van der Waals surface area contributed by atoms with Gasteiger partial charge < -0.3 is 10.2 Å². The van der Waals surface area contributed by atoms with Crippen LogP contribution in [-0.2, 0) is 6.54 Å². The number of nitrogens with one attached hydrogen (secondary N) is 1. The largest absolute Gasteiger partial charge is 0.373 e. The lowest BCUT2D eigenvalue weighted by atomic mass is 10.2. The Morgan fingerprint density at radius 2 is 1.95 bits per heavy atom. The summed E-state index contributed by atoms with van der Waals surface area (Å²) in [6.07, 6.45) is 0. The summed E-state index contributed by atoms with van der Waals surface area (Å²) in [5, 5.41) is 12.4. The van der Waals surface area contributed by atoms with Gasteiger partial charge in [0, 0.05) is 19.8 Å². The highest BCUT2D eigenvalue weighted by Crippen LogP contribution is 2.21. The van der Waals surface area contributed by atoms with Gasteiger partial charge in [-0.1, -0.05) is 11.6 Å². The first-order chi connectivity index (χ1) is 9.63. The van der Waals surface area contributed by atoms with Gasteiger partial charge in [-0.2, -0.15) is 5.26 Å². The van der Waals surface area contributed by atoms with E-state index in [1.807, 2.05) is 43.3 Å². The number of anilines is 2. The Bertz CT molecular complexity index is 631. The third-order valence-corrected chi connectivity index (χ3v) is 3.34. The average Bonchev–Trinajstić information content (AvgIpc) is 2.49. The van der Waals surface area contributed by atoms with Crippen LogP contribution in [0.2, 0.25) is 5.02 Å². The van der Waals surface area contributed by atoms with Crippen LogP contribution in [0.4, 0.5) is 11.5 Å². The summed E-state index contributed by atoms with van der Waals surface area (Å²) in [4.78, 5) is 6.49. The van der Waals surface area contributed by atoms with E-state index in [2.05, 4.69) is 16.4 Å². The van der Waals surface area contributed by atoms with Gasteiger partial charge in [-0.05, 0) is 36.4 Å². The van der Waals surface area contributed by atoms with Crippen LogP contribution in [0.15, 0.2) is 36.4 Å². The minimum atomic E-state index is 0.597. The van der Waals surface area contributed by atoms with Crippen LogP contribution in [0.1, 0.15) is 11.3 Å². The van der Waals surface area contributed by atoms with E-state index in [0.717, 1.165) is 17.2 Å². The molecule has 0 aliphatic carbocycles. The number of nitrogens with zero attached hydrogens (tertiary/aromatic N) is 3. The van der Waals surface area contributed by atoms with Gasteiger partial charge in [-0.15, -0.1) is 0 Å². The van der Waals surface area contributed by atoms with Crippen molar-refractivity contribution in [3.8, 4) is 6.07 Å². The first-order valence-corrected chi connectivity index (χ1v) is 6.56. The molecule has 1 aromatic heterocycles. The fourth-order valence-electron chi connectivity index (χ4n) is 1.84. The Kier molecular flexibility index (Phi) is 4.44. The summed E-state index contributed by atoms with van der Waals surface area (Å²) in [5.74, 6) is 0.789. The first kappa shape index (κ1) is 14.2. The molecule has 0 unspecified atom stereocenters. The molecule has 5 heteroatoms. The minimum Gasteiger partial charge on any atom is -0.373 e. The number of hydrogen-bond donors (Lipinski definition) is 1. The average molecular weight is 287 g/mol. The molecule has 2 aromatic rings. The molecular weight excluding hydrogens is 272 g/mol. The third-order valence-electron chi connectivity index (χ3n) is 3.00. The van der Waals surface area contributed by atoms with E-state index in [9.17, 15) is 0 Å². The maximum atomic E-state index is 8.80. The zero-order valence-electron chi connectivity index (χ0n) is 11.4. The monoisotopic (exact) mass is 286 g/mol. The van der Waals surface area contributed by atoms with E-state index in [0.29, 0.717) is 17.1 Å². The molecule has 4 nitrogen and oxygen atoms in total. The van der Waals surface area contributed by atoms with Crippen molar-refractivity contribution in [2.24, 2.45) is 0 Å². The van der Waals surface area contributed by atoms with Crippen molar-refractivity contribution >= 4 is 23.1 Å². The fourth-order valence-corrected chi connectivity index (χ4v) is 2.01. The Labute approximate surface area is 123 Å². The number of aromatic nitrogens is 1. The second kappa shape index (κ2) is 6.27. The Hall–Kier alpha value is -2.25. The summed E-state index contributed by atoms with van der Waals surface area (Å²) < 4.78 is 0. The maximum Gasteiger partial charge on any atom is 0.126 e. The molecule has 102 valence electrons. The first-order valence-electron chi connectivity index (χ1n) is 6.18. The van der Waals surface area contributed by atoms with Gasteiger partial charge in [0.15, 0.2) is 0 Å².